The molecule has 164 valence electrons. The molecule has 8 nitrogen and oxygen atoms in total. The minimum Gasteiger partial charge on any atom is -0.497 e. The van der Waals surface area contributed by atoms with Crippen molar-refractivity contribution in [3.8, 4) is 22.6 Å². The molecule has 2 N–H and O–H groups in total. The van der Waals surface area contributed by atoms with E-state index in [4.69, 9.17) is 14.7 Å². The molecule has 1 aromatic carbocycles. The smallest absolute Gasteiger partial charge is 0.155 e. The third-order valence-corrected chi connectivity index (χ3v) is 5.34. The number of nitrogens with zero attached hydrogens (tertiary/aromatic N) is 5. The monoisotopic (exact) mass is 437 g/mol. The highest BCUT2D eigenvalue weighted by atomic mass is 16.5. The van der Waals surface area contributed by atoms with Gasteiger partial charge in [-0.3, -0.25) is 4.98 Å². The highest BCUT2D eigenvalue weighted by molar-refractivity contribution is 5.77. The molecule has 0 saturated carbocycles. The largest absolute Gasteiger partial charge is 0.497 e. The molecule has 0 fully saturated rings. The molecule has 0 aliphatic carbocycles. The topological polar surface area (TPSA) is 93.0 Å². The second-order valence-corrected chi connectivity index (χ2v) is 7.61. The van der Waals surface area contributed by atoms with Crippen LogP contribution in [-0.2, 0) is 11.3 Å². The van der Waals surface area contributed by atoms with Gasteiger partial charge in [0.2, 0.25) is 0 Å². The number of imidazole rings is 1. The van der Waals surface area contributed by atoms with E-state index in [0.717, 1.165) is 51.1 Å². The number of pyridine rings is 2. The highest BCUT2D eigenvalue weighted by Gasteiger charge is 2.16. The SMILES string of the molecule is C=C(OC)c1cccc(NCc2nc(-c3ccc4ncnn4c3)c(-c3cccc(C)n3)[nH]2)c1. The number of aryl methyl sites for hydroxylation is 1. The first-order valence-corrected chi connectivity index (χ1v) is 10.5. The maximum Gasteiger partial charge on any atom is 0.155 e. The van der Waals surface area contributed by atoms with Gasteiger partial charge in [0.25, 0.3) is 0 Å². The standard InChI is InChI=1S/C25H23N7O/c1-16-6-4-9-21(29-16)25-24(19-10-11-23-27-15-28-32(23)14-19)30-22(31-25)13-26-20-8-5-7-18(12-20)17(2)33-3/h4-12,14-15,26H,2,13H2,1,3H3,(H,30,31). The Balaban J connectivity index is 1.50. The van der Waals surface area contributed by atoms with E-state index in [0.29, 0.717) is 12.3 Å². The maximum absolute atomic E-state index is 5.25. The highest BCUT2D eigenvalue weighted by Crippen LogP contribution is 2.30. The molecule has 4 aromatic heterocycles. The Morgan fingerprint density at radius 2 is 2.00 bits per heavy atom. The average molecular weight is 438 g/mol. The molecule has 8 heteroatoms. The second-order valence-electron chi connectivity index (χ2n) is 7.61. The molecule has 0 saturated heterocycles. The van der Waals surface area contributed by atoms with E-state index < -0.39 is 0 Å². The van der Waals surface area contributed by atoms with Crippen LogP contribution in [0.15, 0.2) is 73.7 Å². The third kappa shape index (κ3) is 4.18. The van der Waals surface area contributed by atoms with Crippen molar-refractivity contribution >= 4 is 17.1 Å². The fraction of sp³-hybridized carbons (Fsp3) is 0.120. The van der Waals surface area contributed by atoms with Crippen molar-refractivity contribution in [2.24, 2.45) is 0 Å². The Hall–Kier alpha value is -4.46. The van der Waals surface area contributed by atoms with Gasteiger partial charge in [0.05, 0.1) is 30.7 Å². The van der Waals surface area contributed by atoms with Gasteiger partial charge in [-0.2, -0.15) is 5.10 Å². The van der Waals surface area contributed by atoms with Gasteiger partial charge >= 0.3 is 0 Å². The van der Waals surface area contributed by atoms with Gasteiger partial charge in [0, 0.05) is 28.7 Å². The van der Waals surface area contributed by atoms with Crippen LogP contribution in [0.1, 0.15) is 17.1 Å². The molecule has 0 radical (unpaired) electrons. The minimum absolute atomic E-state index is 0.507. The van der Waals surface area contributed by atoms with Gasteiger partial charge in [-0.15, -0.1) is 0 Å². The van der Waals surface area contributed by atoms with E-state index in [1.807, 2.05) is 67.7 Å². The van der Waals surface area contributed by atoms with Crippen LogP contribution in [0.2, 0.25) is 0 Å². The zero-order valence-corrected chi connectivity index (χ0v) is 18.4. The van der Waals surface area contributed by atoms with Gasteiger partial charge in [0.15, 0.2) is 5.65 Å². The lowest BCUT2D eigenvalue weighted by molar-refractivity contribution is 0.371. The van der Waals surface area contributed by atoms with Gasteiger partial charge in [-0.1, -0.05) is 24.8 Å². The summed E-state index contributed by atoms with van der Waals surface area (Å²) in [6, 6.07) is 17.8. The van der Waals surface area contributed by atoms with Crippen LogP contribution in [0.4, 0.5) is 5.69 Å². The number of hydrogen-bond donors (Lipinski definition) is 2. The number of H-pyrrole nitrogens is 1. The summed E-state index contributed by atoms with van der Waals surface area (Å²) in [6.45, 7) is 6.41. The summed E-state index contributed by atoms with van der Waals surface area (Å²) in [5.41, 5.74) is 7.02. The molecular formula is C25H23N7O. The summed E-state index contributed by atoms with van der Waals surface area (Å²) in [5.74, 6) is 1.41. The Kier molecular flexibility index (Phi) is 5.32. The van der Waals surface area contributed by atoms with Crippen LogP contribution in [0, 0.1) is 6.92 Å². The van der Waals surface area contributed by atoms with Crippen molar-refractivity contribution in [2.45, 2.75) is 13.5 Å². The van der Waals surface area contributed by atoms with Crippen LogP contribution in [-0.4, -0.2) is 36.7 Å². The normalized spacial score (nSPS) is 11.0. The van der Waals surface area contributed by atoms with E-state index in [-0.39, 0.29) is 0 Å². The molecule has 5 rings (SSSR count). The minimum atomic E-state index is 0.507. The first kappa shape index (κ1) is 20.4. The van der Waals surface area contributed by atoms with Crippen LogP contribution in [0.25, 0.3) is 34.1 Å². The van der Waals surface area contributed by atoms with Crippen molar-refractivity contribution in [1.82, 2.24) is 29.5 Å². The van der Waals surface area contributed by atoms with Gasteiger partial charge in [-0.05, 0) is 43.3 Å². The van der Waals surface area contributed by atoms with E-state index in [2.05, 4.69) is 27.0 Å². The predicted molar refractivity (Wildman–Crippen MR) is 128 cm³/mol. The number of nitrogens with one attached hydrogen (secondary N) is 2. The molecule has 0 atom stereocenters. The summed E-state index contributed by atoms with van der Waals surface area (Å²) in [5, 5.41) is 7.68. The molecular weight excluding hydrogens is 414 g/mol. The summed E-state index contributed by atoms with van der Waals surface area (Å²) >= 11 is 0. The number of aromatic nitrogens is 6. The van der Waals surface area contributed by atoms with E-state index in [9.17, 15) is 0 Å². The predicted octanol–water partition coefficient (Wildman–Crippen LogP) is 4.72. The Morgan fingerprint density at radius 1 is 1.12 bits per heavy atom. The average Bonchev–Trinajstić information content (AvgIpc) is 3.49. The zero-order valence-electron chi connectivity index (χ0n) is 18.4. The summed E-state index contributed by atoms with van der Waals surface area (Å²) in [7, 11) is 1.62. The number of hydrogen-bond acceptors (Lipinski definition) is 6. The van der Waals surface area contributed by atoms with E-state index in [1.54, 1.807) is 11.6 Å². The summed E-state index contributed by atoms with van der Waals surface area (Å²) in [6.07, 6.45) is 3.46. The molecule has 5 aromatic rings. The number of aromatic amines is 1. The number of methoxy groups -OCH3 is 1. The Morgan fingerprint density at radius 3 is 2.85 bits per heavy atom. The molecule has 0 amide bonds. The third-order valence-electron chi connectivity index (χ3n) is 5.34. The number of ether oxygens (including phenoxy) is 1. The number of anilines is 1. The van der Waals surface area contributed by atoms with Gasteiger partial charge in [0.1, 0.15) is 17.9 Å². The summed E-state index contributed by atoms with van der Waals surface area (Å²) in [4.78, 5) is 17.3. The van der Waals surface area contributed by atoms with Crippen LogP contribution >= 0.6 is 0 Å². The molecule has 33 heavy (non-hydrogen) atoms. The molecule has 0 spiro atoms. The second kappa shape index (κ2) is 8.58. The Bertz CT molecular complexity index is 1450. The van der Waals surface area contributed by atoms with E-state index in [1.165, 1.54) is 6.33 Å². The summed E-state index contributed by atoms with van der Waals surface area (Å²) < 4.78 is 6.99. The molecule has 4 heterocycles. The Labute approximate surface area is 191 Å². The quantitative estimate of drug-likeness (QED) is 0.358. The number of fused-ring (bicyclic) bond motifs is 1. The molecule has 0 bridgehead atoms. The first-order valence-electron chi connectivity index (χ1n) is 10.5. The fourth-order valence-electron chi connectivity index (χ4n) is 3.65. The lowest BCUT2D eigenvalue weighted by Crippen LogP contribution is -2.02. The first-order chi connectivity index (χ1) is 16.1. The maximum atomic E-state index is 5.25. The lowest BCUT2D eigenvalue weighted by Gasteiger charge is -2.08. The molecule has 0 unspecified atom stereocenters. The zero-order chi connectivity index (χ0) is 22.8. The van der Waals surface area contributed by atoms with Crippen molar-refractivity contribution < 1.29 is 4.74 Å². The van der Waals surface area contributed by atoms with Crippen LogP contribution < -0.4 is 5.32 Å². The fourth-order valence-corrected chi connectivity index (χ4v) is 3.65. The van der Waals surface area contributed by atoms with Gasteiger partial charge < -0.3 is 15.0 Å². The van der Waals surface area contributed by atoms with Crippen molar-refractivity contribution in [3.05, 3.63) is 90.8 Å². The van der Waals surface area contributed by atoms with Crippen molar-refractivity contribution in [3.63, 3.8) is 0 Å². The van der Waals surface area contributed by atoms with Crippen LogP contribution in [0.5, 0.6) is 0 Å². The van der Waals surface area contributed by atoms with Crippen molar-refractivity contribution in [2.75, 3.05) is 12.4 Å². The van der Waals surface area contributed by atoms with E-state index >= 15 is 0 Å². The van der Waals surface area contributed by atoms with Gasteiger partial charge in [-0.25, -0.2) is 14.5 Å². The van der Waals surface area contributed by atoms with Crippen molar-refractivity contribution in [1.29, 1.82) is 0 Å². The van der Waals surface area contributed by atoms with Crippen LogP contribution in [0.3, 0.4) is 0 Å². The number of benzene rings is 1. The number of rotatable bonds is 7. The molecule has 0 aliphatic rings. The molecule has 0 aliphatic heterocycles. The lowest BCUT2D eigenvalue weighted by atomic mass is 10.1.